The van der Waals surface area contributed by atoms with Crippen LogP contribution < -0.4 is 16.0 Å². The number of nitrogens with zero attached hydrogens (tertiary/aromatic N) is 5. The van der Waals surface area contributed by atoms with Gasteiger partial charge in [-0.3, -0.25) is 9.78 Å². The van der Waals surface area contributed by atoms with Crippen molar-refractivity contribution in [1.29, 1.82) is 0 Å². The number of rotatable bonds is 3. The van der Waals surface area contributed by atoms with Crippen LogP contribution in [0.15, 0.2) is 30.9 Å². The van der Waals surface area contributed by atoms with E-state index in [9.17, 15) is 9.35 Å². The van der Waals surface area contributed by atoms with Crippen LogP contribution in [-0.4, -0.2) is 54.6 Å². The summed E-state index contributed by atoms with van der Waals surface area (Å²) in [6.07, 6.45) is 6.19. The van der Waals surface area contributed by atoms with E-state index in [1.807, 2.05) is 6.07 Å². The highest BCUT2D eigenvalue weighted by Gasteiger charge is 2.24. The number of hydrogen-bond donors (Lipinski definition) is 2. The Hall–Kier alpha value is -2.56. The standard InChI is InChI=1S/C16H16ClN7O2S/c17-10-7-20-15-13(14(18)22-24(15)9-10)16(25)21-11-8-19-2-1-12(11)23-3-5-27(26)6-4-23/h1-2,7-9H,3-6H2,(H2,18,22)(H,21,25). The maximum Gasteiger partial charge on any atom is 0.263 e. The van der Waals surface area contributed by atoms with Gasteiger partial charge in [0, 0.05) is 12.4 Å². The van der Waals surface area contributed by atoms with E-state index in [4.69, 9.17) is 17.3 Å². The van der Waals surface area contributed by atoms with Gasteiger partial charge in [-0.05, 0) is 6.07 Å². The lowest BCUT2D eigenvalue weighted by Crippen LogP contribution is -2.40. The van der Waals surface area contributed by atoms with Crippen LogP contribution in [0.4, 0.5) is 17.2 Å². The van der Waals surface area contributed by atoms with Gasteiger partial charge in [0.05, 0.1) is 41.9 Å². The van der Waals surface area contributed by atoms with Crippen LogP contribution >= 0.6 is 11.6 Å². The molecule has 3 N–H and O–H groups in total. The first kappa shape index (κ1) is 17.8. The molecule has 0 spiro atoms. The lowest BCUT2D eigenvalue weighted by molar-refractivity contribution is 0.102. The average Bonchev–Trinajstić information content (AvgIpc) is 2.98. The third kappa shape index (κ3) is 3.51. The predicted molar refractivity (Wildman–Crippen MR) is 105 cm³/mol. The van der Waals surface area contributed by atoms with Crippen molar-refractivity contribution in [2.24, 2.45) is 0 Å². The first-order valence-corrected chi connectivity index (χ1v) is 10.0. The number of amides is 1. The summed E-state index contributed by atoms with van der Waals surface area (Å²) < 4.78 is 13.0. The molecule has 140 valence electrons. The summed E-state index contributed by atoms with van der Waals surface area (Å²) in [7, 11) is 0. The molecule has 4 heterocycles. The van der Waals surface area contributed by atoms with Gasteiger partial charge < -0.3 is 20.5 Å². The van der Waals surface area contributed by atoms with Crippen molar-refractivity contribution in [3.05, 3.63) is 41.4 Å². The van der Waals surface area contributed by atoms with Crippen molar-refractivity contribution in [3.8, 4) is 0 Å². The van der Waals surface area contributed by atoms with E-state index in [1.54, 1.807) is 12.4 Å². The summed E-state index contributed by atoms with van der Waals surface area (Å²) in [6.45, 7) is 1.30. The molecule has 1 aliphatic heterocycles. The van der Waals surface area contributed by atoms with E-state index >= 15 is 0 Å². The van der Waals surface area contributed by atoms with Crippen LogP contribution in [0.25, 0.3) is 5.65 Å². The van der Waals surface area contributed by atoms with Crippen molar-refractivity contribution in [1.82, 2.24) is 19.6 Å². The SMILES string of the molecule is Nc1nn2cc(Cl)cnc2c1C(=O)Nc1cnccc1N1CC[S+]([O-])CC1. The quantitative estimate of drug-likeness (QED) is 0.627. The molecule has 9 nitrogen and oxygen atoms in total. The van der Waals surface area contributed by atoms with E-state index in [2.05, 4.69) is 25.3 Å². The monoisotopic (exact) mass is 405 g/mol. The Morgan fingerprint density at radius 1 is 1.33 bits per heavy atom. The van der Waals surface area contributed by atoms with Crippen LogP contribution in [0.2, 0.25) is 5.02 Å². The van der Waals surface area contributed by atoms with Crippen molar-refractivity contribution in [3.63, 3.8) is 0 Å². The number of pyridine rings is 1. The van der Waals surface area contributed by atoms with Gasteiger partial charge in [0.1, 0.15) is 17.1 Å². The molecule has 0 radical (unpaired) electrons. The van der Waals surface area contributed by atoms with Gasteiger partial charge in [-0.25, -0.2) is 9.50 Å². The van der Waals surface area contributed by atoms with E-state index in [0.29, 0.717) is 41.0 Å². The minimum absolute atomic E-state index is 0.0566. The second-order valence-corrected chi connectivity index (χ2v) is 8.12. The number of fused-ring (bicyclic) bond motifs is 1. The lowest BCUT2D eigenvalue weighted by Gasteiger charge is -2.31. The van der Waals surface area contributed by atoms with Crippen molar-refractivity contribution in [2.45, 2.75) is 0 Å². The Morgan fingerprint density at radius 2 is 2.11 bits per heavy atom. The fraction of sp³-hybridized carbons (Fsp3) is 0.250. The Bertz CT molecular complexity index is 1000. The predicted octanol–water partition coefficient (Wildman–Crippen LogP) is 1.18. The van der Waals surface area contributed by atoms with E-state index in [1.165, 1.54) is 16.9 Å². The Balaban J connectivity index is 1.64. The largest absolute Gasteiger partial charge is 0.616 e. The van der Waals surface area contributed by atoms with E-state index < -0.39 is 17.1 Å². The fourth-order valence-corrected chi connectivity index (χ4v) is 4.16. The molecule has 0 saturated carbocycles. The number of nitrogens with two attached hydrogens (primary N) is 1. The smallest absolute Gasteiger partial charge is 0.263 e. The summed E-state index contributed by atoms with van der Waals surface area (Å²) in [5, 5.41) is 7.31. The molecule has 0 aliphatic carbocycles. The molecule has 1 amide bonds. The van der Waals surface area contributed by atoms with Gasteiger partial charge in [0.15, 0.2) is 11.5 Å². The maximum atomic E-state index is 12.9. The zero-order chi connectivity index (χ0) is 19.0. The number of halogens is 1. The zero-order valence-electron chi connectivity index (χ0n) is 14.1. The van der Waals surface area contributed by atoms with Gasteiger partial charge in [-0.15, -0.1) is 5.10 Å². The number of nitrogens with one attached hydrogen (secondary N) is 1. The van der Waals surface area contributed by atoms with Crippen molar-refractivity contribution >= 4 is 51.5 Å². The third-order valence-electron chi connectivity index (χ3n) is 4.26. The molecule has 0 bridgehead atoms. The second kappa shape index (κ2) is 7.22. The van der Waals surface area contributed by atoms with Gasteiger partial charge in [0.25, 0.3) is 5.91 Å². The molecule has 1 fully saturated rings. The Labute approximate surface area is 162 Å². The van der Waals surface area contributed by atoms with Gasteiger partial charge in [0.2, 0.25) is 0 Å². The molecule has 0 unspecified atom stereocenters. The molecule has 27 heavy (non-hydrogen) atoms. The van der Waals surface area contributed by atoms with Crippen LogP contribution in [0, 0.1) is 0 Å². The molecule has 1 saturated heterocycles. The molecule has 0 atom stereocenters. The number of hydrogen-bond acceptors (Lipinski definition) is 7. The Kier molecular flexibility index (Phi) is 4.77. The van der Waals surface area contributed by atoms with Crippen LogP contribution in [-0.2, 0) is 11.2 Å². The van der Waals surface area contributed by atoms with Crippen LogP contribution in [0.1, 0.15) is 10.4 Å². The van der Waals surface area contributed by atoms with E-state index in [-0.39, 0.29) is 11.4 Å². The highest BCUT2D eigenvalue weighted by atomic mass is 35.5. The fourth-order valence-electron chi connectivity index (χ4n) is 2.97. The van der Waals surface area contributed by atoms with Gasteiger partial charge in [-0.2, -0.15) is 0 Å². The topological polar surface area (TPSA) is 124 Å². The summed E-state index contributed by atoms with van der Waals surface area (Å²) in [5.41, 5.74) is 7.76. The van der Waals surface area contributed by atoms with Gasteiger partial charge >= 0.3 is 0 Å². The first-order valence-electron chi connectivity index (χ1n) is 8.17. The van der Waals surface area contributed by atoms with Crippen LogP contribution in [0.3, 0.4) is 0 Å². The minimum atomic E-state index is -0.788. The highest BCUT2D eigenvalue weighted by molar-refractivity contribution is 7.91. The van der Waals surface area contributed by atoms with Gasteiger partial charge in [-0.1, -0.05) is 22.8 Å². The molecular formula is C16H16ClN7O2S. The molecule has 3 aromatic heterocycles. The first-order chi connectivity index (χ1) is 13.0. The third-order valence-corrected chi connectivity index (χ3v) is 5.73. The average molecular weight is 406 g/mol. The number of carbonyl (C=O) groups is 1. The number of aromatic nitrogens is 4. The summed E-state index contributed by atoms with van der Waals surface area (Å²) in [4.78, 5) is 23.2. The Morgan fingerprint density at radius 3 is 2.89 bits per heavy atom. The second-order valence-electron chi connectivity index (χ2n) is 5.98. The van der Waals surface area contributed by atoms with Crippen molar-refractivity contribution < 1.29 is 9.35 Å². The lowest BCUT2D eigenvalue weighted by atomic mass is 10.2. The molecule has 11 heteroatoms. The van der Waals surface area contributed by atoms with Crippen molar-refractivity contribution in [2.75, 3.05) is 40.5 Å². The highest BCUT2D eigenvalue weighted by Crippen LogP contribution is 2.27. The number of anilines is 3. The van der Waals surface area contributed by atoms with Crippen LogP contribution in [0.5, 0.6) is 0 Å². The summed E-state index contributed by atoms with van der Waals surface area (Å²) in [5.74, 6) is 0.816. The normalized spacial score (nSPS) is 15.3. The number of carbonyl (C=O) groups excluding carboxylic acids is 1. The molecular weight excluding hydrogens is 390 g/mol. The van der Waals surface area contributed by atoms with E-state index in [0.717, 1.165) is 5.69 Å². The summed E-state index contributed by atoms with van der Waals surface area (Å²) >= 11 is 5.12. The summed E-state index contributed by atoms with van der Waals surface area (Å²) in [6, 6.07) is 1.82. The minimum Gasteiger partial charge on any atom is -0.616 e. The molecule has 1 aliphatic rings. The zero-order valence-corrected chi connectivity index (χ0v) is 15.7. The maximum absolute atomic E-state index is 12.9. The molecule has 0 aromatic carbocycles. The molecule has 4 rings (SSSR count). The molecule has 3 aromatic rings. The number of nitrogen functional groups attached to an aromatic ring is 1.